The largest absolute Gasteiger partial charge is 0.451 e. The van der Waals surface area contributed by atoms with Crippen molar-refractivity contribution in [2.75, 3.05) is 5.32 Å². The van der Waals surface area contributed by atoms with Gasteiger partial charge in [-0.25, -0.2) is 4.98 Å². The minimum Gasteiger partial charge on any atom is -0.451 e. The summed E-state index contributed by atoms with van der Waals surface area (Å²) in [6.45, 7) is 1.15. The first-order valence-corrected chi connectivity index (χ1v) is 9.44. The summed E-state index contributed by atoms with van der Waals surface area (Å²) in [5.74, 6) is -1.15. The zero-order valence-corrected chi connectivity index (χ0v) is 16.2. The summed E-state index contributed by atoms with van der Waals surface area (Å²) >= 11 is 0. The van der Waals surface area contributed by atoms with Gasteiger partial charge in [0.1, 0.15) is 6.54 Å². The molecule has 0 saturated heterocycles. The normalized spacial score (nSPS) is 11.9. The first kappa shape index (κ1) is 19.3. The van der Waals surface area contributed by atoms with Crippen molar-refractivity contribution < 1.29 is 14.3 Å². The summed E-state index contributed by atoms with van der Waals surface area (Å²) in [7, 11) is 0. The van der Waals surface area contributed by atoms with Crippen LogP contribution in [0.4, 0.5) is 5.69 Å². The number of nitrogens with one attached hydrogen (secondary N) is 1. The first-order chi connectivity index (χ1) is 14.5. The number of hydrogen-bond acceptors (Lipinski definition) is 5. The van der Waals surface area contributed by atoms with Crippen molar-refractivity contribution in [2.45, 2.75) is 19.6 Å². The van der Waals surface area contributed by atoms with Gasteiger partial charge in [-0.2, -0.15) is 0 Å². The molecule has 1 amide bonds. The van der Waals surface area contributed by atoms with Crippen LogP contribution in [0.3, 0.4) is 0 Å². The average Bonchev–Trinajstić information content (AvgIpc) is 2.75. The Hall–Kier alpha value is -4.00. The van der Waals surface area contributed by atoms with E-state index in [1.165, 1.54) is 17.8 Å². The number of rotatable bonds is 5. The predicted molar refractivity (Wildman–Crippen MR) is 114 cm³/mol. The Bertz CT molecular complexity index is 1310. The molecule has 0 unspecified atom stereocenters. The number of fused-ring (bicyclic) bond motifs is 2. The van der Waals surface area contributed by atoms with E-state index in [9.17, 15) is 14.4 Å². The Morgan fingerprint density at radius 1 is 1.03 bits per heavy atom. The maximum absolute atomic E-state index is 12.5. The Balaban J connectivity index is 1.40. The highest BCUT2D eigenvalue weighted by atomic mass is 16.5. The Morgan fingerprint density at radius 3 is 2.60 bits per heavy atom. The molecule has 0 aliphatic carbocycles. The van der Waals surface area contributed by atoms with Gasteiger partial charge in [0.25, 0.3) is 11.5 Å². The van der Waals surface area contributed by atoms with Crippen LogP contribution < -0.4 is 10.9 Å². The predicted octanol–water partition coefficient (Wildman–Crippen LogP) is 3.12. The van der Waals surface area contributed by atoms with Gasteiger partial charge in [0.05, 0.1) is 17.2 Å². The van der Waals surface area contributed by atoms with Crippen LogP contribution in [0.5, 0.6) is 0 Å². The van der Waals surface area contributed by atoms with Crippen LogP contribution in [0.25, 0.3) is 21.7 Å². The second-order valence-electron chi connectivity index (χ2n) is 6.88. The zero-order chi connectivity index (χ0) is 21.1. The molecule has 0 saturated carbocycles. The fourth-order valence-corrected chi connectivity index (χ4v) is 3.16. The SMILES string of the molecule is C[C@@H](OC(=O)Cn1cnc2ccccc2c1=O)C(=O)Nc1ccc2ccccc2c1. The fourth-order valence-electron chi connectivity index (χ4n) is 3.16. The summed E-state index contributed by atoms with van der Waals surface area (Å²) in [5.41, 5.74) is 0.817. The van der Waals surface area contributed by atoms with Crippen molar-refractivity contribution in [3.8, 4) is 0 Å². The van der Waals surface area contributed by atoms with Gasteiger partial charge in [-0.05, 0) is 42.0 Å². The van der Waals surface area contributed by atoms with Crippen molar-refractivity contribution in [3.63, 3.8) is 0 Å². The van der Waals surface area contributed by atoms with Crippen LogP contribution in [0.2, 0.25) is 0 Å². The van der Waals surface area contributed by atoms with Crippen LogP contribution in [-0.4, -0.2) is 27.5 Å². The van der Waals surface area contributed by atoms with Gasteiger partial charge in [0.2, 0.25) is 0 Å². The van der Waals surface area contributed by atoms with Gasteiger partial charge in [-0.1, -0.05) is 42.5 Å². The summed E-state index contributed by atoms with van der Waals surface area (Å²) < 4.78 is 6.37. The average molecular weight is 401 g/mol. The maximum atomic E-state index is 12.5. The number of amides is 1. The number of carbonyl (C=O) groups is 2. The third-order valence-electron chi connectivity index (χ3n) is 4.73. The number of carbonyl (C=O) groups excluding carboxylic acids is 2. The van der Waals surface area contributed by atoms with Gasteiger partial charge >= 0.3 is 5.97 Å². The molecule has 3 aromatic carbocycles. The highest BCUT2D eigenvalue weighted by Crippen LogP contribution is 2.19. The van der Waals surface area contributed by atoms with Gasteiger partial charge in [0, 0.05) is 5.69 Å². The van der Waals surface area contributed by atoms with E-state index in [4.69, 9.17) is 4.74 Å². The smallest absolute Gasteiger partial charge is 0.326 e. The molecule has 0 spiro atoms. The highest BCUT2D eigenvalue weighted by molar-refractivity contribution is 5.97. The molecule has 4 rings (SSSR count). The lowest BCUT2D eigenvalue weighted by atomic mass is 10.1. The van der Waals surface area contributed by atoms with Crippen molar-refractivity contribution >= 4 is 39.2 Å². The molecule has 0 fully saturated rings. The number of nitrogens with zero attached hydrogens (tertiary/aromatic N) is 2. The molecule has 7 nitrogen and oxygen atoms in total. The van der Waals surface area contributed by atoms with Crippen molar-refractivity contribution in [2.24, 2.45) is 0 Å². The molecule has 1 atom stereocenters. The number of hydrogen-bond donors (Lipinski definition) is 1. The van der Waals surface area contributed by atoms with E-state index >= 15 is 0 Å². The Labute approximate surface area is 171 Å². The highest BCUT2D eigenvalue weighted by Gasteiger charge is 2.19. The molecule has 0 radical (unpaired) electrons. The molecule has 150 valence electrons. The maximum Gasteiger partial charge on any atom is 0.326 e. The molecule has 30 heavy (non-hydrogen) atoms. The van der Waals surface area contributed by atoms with E-state index in [-0.39, 0.29) is 12.1 Å². The number of esters is 1. The number of benzene rings is 3. The summed E-state index contributed by atoms with van der Waals surface area (Å²) in [6, 6.07) is 20.2. The van der Waals surface area contributed by atoms with Gasteiger partial charge in [-0.3, -0.25) is 19.0 Å². The standard InChI is InChI=1S/C23H19N3O4/c1-15(22(28)25-18-11-10-16-6-2-3-7-17(16)12-18)30-21(27)13-26-14-24-20-9-5-4-8-19(20)23(26)29/h2-12,14-15H,13H2,1H3,(H,25,28)/t15-/m1/s1. The molecule has 0 bridgehead atoms. The molecule has 1 heterocycles. The van der Waals surface area contributed by atoms with E-state index < -0.39 is 18.0 Å². The Morgan fingerprint density at radius 2 is 1.77 bits per heavy atom. The van der Waals surface area contributed by atoms with E-state index in [0.29, 0.717) is 16.6 Å². The molecule has 1 N–H and O–H groups in total. The topological polar surface area (TPSA) is 90.3 Å². The fraction of sp³-hybridized carbons (Fsp3) is 0.130. The van der Waals surface area contributed by atoms with Crippen molar-refractivity contribution in [1.29, 1.82) is 0 Å². The van der Waals surface area contributed by atoms with Crippen LogP contribution in [-0.2, 0) is 20.9 Å². The van der Waals surface area contributed by atoms with E-state index in [2.05, 4.69) is 10.3 Å². The lowest BCUT2D eigenvalue weighted by molar-refractivity contribution is -0.153. The second kappa shape index (κ2) is 8.16. The monoisotopic (exact) mass is 401 g/mol. The number of anilines is 1. The molecule has 1 aromatic heterocycles. The van der Waals surface area contributed by atoms with Crippen molar-refractivity contribution in [1.82, 2.24) is 9.55 Å². The van der Waals surface area contributed by atoms with Crippen LogP contribution in [0, 0.1) is 0 Å². The Kier molecular flexibility index (Phi) is 5.26. The quantitative estimate of drug-likeness (QED) is 0.519. The van der Waals surface area contributed by atoms with Crippen LogP contribution in [0.15, 0.2) is 77.9 Å². The first-order valence-electron chi connectivity index (χ1n) is 9.44. The second-order valence-corrected chi connectivity index (χ2v) is 6.88. The summed E-state index contributed by atoms with van der Waals surface area (Å²) in [4.78, 5) is 41.3. The van der Waals surface area contributed by atoms with Gasteiger partial charge in [-0.15, -0.1) is 0 Å². The molecule has 4 aromatic rings. The number of para-hydroxylation sites is 1. The molecule has 7 heteroatoms. The van der Waals surface area contributed by atoms with E-state index in [1.54, 1.807) is 30.3 Å². The third-order valence-corrected chi connectivity index (χ3v) is 4.73. The van der Waals surface area contributed by atoms with Gasteiger partial charge < -0.3 is 10.1 Å². The van der Waals surface area contributed by atoms with E-state index in [0.717, 1.165) is 10.8 Å². The van der Waals surface area contributed by atoms with Crippen LogP contribution in [0.1, 0.15) is 6.92 Å². The molecule has 0 aliphatic rings. The minimum atomic E-state index is -1.02. The zero-order valence-electron chi connectivity index (χ0n) is 16.2. The number of ether oxygens (including phenoxy) is 1. The minimum absolute atomic E-state index is 0.329. The molecular formula is C23H19N3O4. The third kappa shape index (κ3) is 4.05. The van der Waals surface area contributed by atoms with Crippen LogP contribution >= 0.6 is 0 Å². The van der Waals surface area contributed by atoms with E-state index in [1.807, 2.05) is 36.4 Å². The lowest BCUT2D eigenvalue weighted by Crippen LogP contribution is -2.33. The van der Waals surface area contributed by atoms with Crippen molar-refractivity contribution in [3.05, 3.63) is 83.4 Å². The summed E-state index contributed by atoms with van der Waals surface area (Å²) in [6.07, 6.45) is 0.277. The van der Waals surface area contributed by atoms with Gasteiger partial charge in [0.15, 0.2) is 6.10 Å². The summed E-state index contributed by atoms with van der Waals surface area (Å²) in [5, 5.41) is 5.20. The molecule has 0 aliphatic heterocycles. The number of aromatic nitrogens is 2. The lowest BCUT2D eigenvalue weighted by Gasteiger charge is -2.14. The molecular weight excluding hydrogens is 382 g/mol.